The SMILES string of the molecule is ClCc1ccccc1NCCOc1cccc(Br)c1. The Hall–Kier alpha value is -1.19. The Morgan fingerprint density at radius 1 is 1.11 bits per heavy atom. The maximum absolute atomic E-state index is 5.88. The van der Waals surface area contributed by atoms with Gasteiger partial charge in [-0.25, -0.2) is 0 Å². The molecular formula is C15H15BrClNO. The van der Waals surface area contributed by atoms with Crippen molar-refractivity contribution in [3.63, 3.8) is 0 Å². The molecule has 0 radical (unpaired) electrons. The molecule has 0 aliphatic heterocycles. The lowest BCUT2D eigenvalue weighted by Crippen LogP contribution is -2.12. The zero-order valence-electron chi connectivity index (χ0n) is 10.4. The van der Waals surface area contributed by atoms with Gasteiger partial charge in [-0.15, -0.1) is 11.6 Å². The van der Waals surface area contributed by atoms with E-state index in [0.717, 1.165) is 28.0 Å². The summed E-state index contributed by atoms with van der Waals surface area (Å²) in [6.45, 7) is 1.34. The van der Waals surface area contributed by atoms with Crippen molar-refractivity contribution >= 4 is 33.2 Å². The van der Waals surface area contributed by atoms with Gasteiger partial charge in [-0.3, -0.25) is 0 Å². The van der Waals surface area contributed by atoms with Crippen LogP contribution in [0, 0.1) is 0 Å². The Kier molecular flexibility index (Phi) is 5.55. The van der Waals surface area contributed by atoms with E-state index >= 15 is 0 Å². The third kappa shape index (κ3) is 4.44. The summed E-state index contributed by atoms with van der Waals surface area (Å²) in [5.74, 6) is 1.37. The molecule has 0 atom stereocenters. The molecule has 2 aromatic carbocycles. The Labute approximate surface area is 126 Å². The van der Waals surface area contributed by atoms with Crippen LogP contribution in [0.3, 0.4) is 0 Å². The molecule has 4 heteroatoms. The van der Waals surface area contributed by atoms with Gasteiger partial charge in [0, 0.05) is 22.6 Å². The van der Waals surface area contributed by atoms with Crippen LogP contribution in [0.1, 0.15) is 5.56 Å². The summed E-state index contributed by atoms with van der Waals surface area (Å²) in [4.78, 5) is 0. The molecule has 0 heterocycles. The molecule has 0 unspecified atom stereocenters. The lowest BCUT2D eigenvalue weighted by atomic mass is 10.2. The standard InChI is InChI=1S/C15H15BrClNO/c16-13-5-3-6-14(10-13)19-9-8-18-15-7-2-1-4-12(15)11-17/h1-7,10,18H,8-9,11H2. The minimum Gasteiger partial charge on any atom is -0.492 e. The number of para-hydroxylation sites is 1. The molecule has 0 fully saturated rings. The van der Waals surface area contributed by atoms with Gasteiger partial charge in [-0.2, -0.15) is 0 Å². The summed E-state index contributed by atoms with van der Waals surface area (Å²) in [6.07, 6.45) is 0. The monoisotopic (exact) mass is 339 g/mol. The Balaban J connectivity index is 1.81. The molecule has 0 aliphatic rings. The van der Waals surface area contributed by atoms with E-state index in [2.05, 4.69) is 21.2 Å². The molecule has 19 heavy (non-hydrogen) atoms. The predicted octanol–water partition coefficient (Wildman–Crippen LogP) is 4.68. The van der Waals surface area contributed by atoms with Crippen LogP contribution >= 0.6 is 27.5 Å². The van der Waals surface area contributed by atoms with Crippen LogP contribution in [-0.4, -0.2) is 13.2 Å². The van der Waals surface area contributed by atoms with E-state index in [1.807, 2.05) is 48.5 Å². The maximum Gasteiger partial charge on any atom is 0.120 e. The highest BCUT2D eigenvalue weighted by Crippen LogP contribution is 2.18. The average Bonchev–Trinajstić information content (AvgIpc) is 2.44. The van der Waals surface area contributed by atoms with Gasteiger partial charge in [0.1, 0.15) is 12.4 Å². The molecule has 2 aromatic rings. The smallest absolute Gasteiger partial charge is 0.120 e. The maximum atomic E-state index is 5.88. The van der Waals surface area contributed by atoms with Gasteiger partial charge in [-0.05, 0) is 29.8 Å². The van der Waals surface area contributed by atoms with Gasteiger partial charge >= 0.3 is 0 Å². The van der Waals surface area contributed by atoms with E-state index in [9.17, 15) is 0 Å². The van der Waals surface area contributed by atoms with Crippen molar-refractivity contribution in [2.45, 2.75) is 5.88 Å². The number of rotatable bonds is 6. The number of anilines is 1. The minimum atomic E-state index is 0.510. The zero-order chi connectivity index (χ0) is 13.5. The molecule has 2 nitrogen and oxygen atoms in total. The number of ether oxygens (including phenoxy) is 1. The van der Waals surface area contributed by atoms with E-state index in [0.29, 0.717) is 12.5 Å². The first-order chi connectivity index (χ1) is 9.29. The average molecular weight is 341 g/mol. The van der Waals surface area contributed by atoms with Crippen LogP contribution in [0.5, 0.6) is 5.75 Å². The molecule has 0 amide bonds. The Bertz CT molecular complexity index is 533. The normalized spacial score (nSPS) is 10.2. The van der Waals surface area contributed by atoms with Crippen LogP contribution in [0.15, 0.2) is 53.0 Å². The van der Waals surface area contributed by atoms with Crippen molar-refractivity contribution in [3.05, 3.63) is 58.6 Å². The Morgan fingerprint density at radius 2 is 1.95 bits per heavy atom. The topological polar surface area (TPSA) is 21.3 Å². The van der Waals surface area contributed by atoms with Crippen LogP contribution in [-0.2, 0) is 5.88 Å². The number of nitrogens with one attached hydrogen (secondary N) is 1. The van der Waals surface area contributed by atoms with Crippen LogP contribution in [0.25, 0.3) is 0 Å². The van der Waals surface area contributed by atoms with Gasteiger partial charge in [0.05, 0.1) is 0 Å². The summed E-state index contributed by atoms with van der Waals surface area (Å²) in [7, 11) is 0. The molecule has 100 valence electrons. The third-order valence-corrected chi connectivity index (χ3v) is 3.42. The molecule has 0 saturated carbocycles. The van der Waals surface area contributed by atoms with Crippen LogP contribution in [0.2, 0.25) is 0 Å². The molecule has 0 aromatic heterocycles. The second kappa shape index (κ2) is 7.41. The summed E-state index contributed by atoms with van der Waals surface area (Å²) < 4.78 is 6.68. The van der Waals surface area contributed by atoms with Crippen molar-refractivity contribution in [2.24, 2.45) is 0 Å². The van der Waals surface area contributed by atoms with E-state index in [1.165, 1.54) is 0 Å². The van der Waals surface area contributed by atoms with Crippen LogP contribution < -0.4 is 10.1 Å². The van der Waals surface area contributed by atoms with Gasteiger partial charge in [0.15, 0.2) is 0 Å². The van der Waals surface area contributed by atoms with E-state index < -0.39 is 0 Å². The third-order valence-electron chi connectivity index (χ3n) is 2.64. The molecule has 0 bridgehead atoms. The van der Waals surface area contributed by atoms with Crippen molar-refractivity contribution in [1.29, 1.82) is 0 Å². The lowest BCUT2D eigenvalue weighted by molar-refractivity contribution is 0.332. The first kappa shape index (κ1) is 14.2. The zero-order valence-corrected chi connectivity index (χ0v) is 12.7. The number of alkyl halides is 1. The largest absolute Gasteiger partial charge is 0.492 e. The highest BCUT2D eigenvalue weighted by Gasteiger charge is 1.99. The summed E-state index contributed by atoms with van der Waals surface area (Å²) in [6, 6.07) is 15.8. The second-order valence-corrected chi connectivity index (χ2v) is 5.21. The fraction of sp³-hybridized carbons (Fsp3) is 0.200. The van der Waals surface area contributed by atoms with E-state index in [4.69, 9.17) is 16.3 Å². The fourth-order valence-corrected chi connectivity index (χ4v) is 2.33. The van der Waals surface area contributed by atoms with Gasteiger partial charge in [-0.1, -0.05) is 40.2 Å². The first-order valence-corrected chi connectivity index (χ1v) is 7.38. The number of benzene rings is 2. The van der Waals surface area contributed by atoms with Crippen molar-refractivity contribution in [3.8, 4) is 5.75 Å². The lowest BCUT2D eigenvalue weighted by Gasteiger charge is -2.11. The Morgan fingerprint density at radius 3 is 2.74 bits per heavy atom. The molecule has 0 aliphatic carbocycles. The summed E-state index contributed by atoms with van der Waals surface area (Å²) in [5.41, 5.74) is 2.17. The van der Waals surface area contributed by atoms with Gasteiger partial charge in [0.2, 0.25) is 0 Å². The quantitative estimate of drug-likeness (QED) is 0.609. The highest BCUT2D eigenvalue weighted by atomic mass is 79.9. The van der Waals surface area contributed by atoms with E-state index in [-0.39, 0.29) is 0 Å². The van der Waals surface area contributed by atoms with Crippen molar-refractivity contribution in [1.82, 2.24) is 0 Å². The summed E-state index contributed by atoms with van der Waals surface area (Å²) >= 11 is 9.30. The predicted molar refractivity (Wildman–Crippen MR) is 84.1 cm³/mol. The van der Waals surface area contributed by atoms with Crippen molar-refractivity contribution in [2.75, 3.05) is 18.5 Å². The fourth-order valence-electron chi connectivity index (χ4n) is 1.72. The highest BCUT2D eigenvalue weighted by molar-refractivity contribution is 9.10. The van der Waals surface area contributed by atoms with Crippen molar-refractivity contribution < 1.29 is 4.74 Å². The van der Waals surface area contributed by atoms with Gasteiger partial charge in [0.25, 0.3) is 0 Å². The van der Waals surface area contributed by atoms with Crippen LogP contribution in [0.4, 0.5) is 5.69 Å². The molecule has 0 spiro atoms. The second-order valence-electron chi connectivity index (χ2n) is 4.02. The summed E-state index contributed by atoms with van der Waals surface area (Å²) in [5, 5.41) is 3.33. The molecule has 1 N–H and O–H groups in total. The number of hydrogen-bond donors (Lipinski definition) is 1. The van der Waals surface area contributed by atoms with Gasteiger partial charge < -0.3 is 10.1 Å². The molecular weight excluding hydrogens is 326 g/mol. The number of halogens is 2. The first-order valence-electron chi connectivity index (χ1n) is 6.05. The number of hydrogen-bond acceptors (Lipinski definition) is 2. The minimum absolute atomic E-state index is 0.510. The molecule has 0 saturated heterocycles. The van der Waals surface area contributed by atoms with E-state index in [1.54, 1.807) is 0 Å². The molecule has 2 rings (SSSR count).